The van der Waals surface area contributed by atoms with Crippen molar-refractivity contribution >= 4 is 6.03 Å². The van der Waals surface area contributed by atoms with Crippen LogP contribution in [0.25, 0.3) is 0 Å². The number of nitrogens with one attached hydrogen (secondary N) is 2. The van der Waals surface area contributed by atoms with Gasteiger partial charge in [0.2, 0.25) is 0 Å². The molecular weight excluding hydrogens is 264 g/mol. The Hall–Kier alpha value is -1.55. The van der Waals surface area contributed by atoms with Gasteiger partial charge in [-0.3, -0.25) is 0 Å². The van der Waals surface area contributed by atoms with Crippen molar-refractivity contribution in [2.24, 2.45) is 0 Å². The Kier molecular flexibility index (Phi) is 6.05. The van der Waals surface area contributed by atoms with E-state index in [9.17, 15) is 9.90 Å². The monoisotopic (exact) mass is 290 g/mol. The third kappa shape index (κ3) is 5.38. The maximum Gasteiger partial charge on any atom is 0.315 e. The second-order valence-electron chi connectivity index (χ2n) is 6.01. The molecule has 0 unspecified atom stereocenters. The molecule has 4 nitrogen and oxygen atoms in total. The highest BCUT2D eigenvalue weighted by molar-refractivity contribution is 5.74. The zero-order valence-corrected chi connectivity index (χ0v) is 12.7. The number of aliphatic hydroxyl groups excluding tert-OH is 1. The molecule has 4 heteroatoms. The smallest absolute Gasteiger partial charge is 0.315 e. The fourth-order valence-corrected chi connectivity index (χ4v) is 2.81. The van der Waals surface area contributed by atoms with Gasteiger partial charge >= 0.3 is 6.03 Å². The molecule has 2 amide bonds. The molecule has 0 aromatic heterocycles. The van der Waals surface area contributed by atoms with E-state index in [-0.39, 0.29) is 18.2 Å². The second kappa shape index (κ2) is 8.03. The standard InChI is InChI=1S/C17H26N2O2/c1-13(14-5-3-2-4-6-14)11-12-18-17(21)19-15-7-9-16(20)10-8-15/h2-6,13,15-16,20H,7-12H2,1H3,(H2,18,19,21)/t13-,15?,16?/m0/s1. The van der Waals surface area contributed by atoms with E-state index in [1.807, 2.05) is 18.2 Å². The molecule has 0 bridgehead atoms. The summed E-state index contributed by atoms with van der Waals surface area (Å²) >= 11 is 0. The Morgan fingerprint density at radius 3 is 2.57 bits per heavy atom. The summed E-state index contributed by atoms with van der Waals surface area (Å²) in [5.74, 6) is 0.441. The number of carbonyl (C=O) groups excluding carboxylic acids is 1. The van der Waals surface area contributed by atoms with E-state index in [0.29, 0.717) is 12.5 Å². The lowest BCUT2D eigenvalue weighted by molar-refractivity contribution is 0.117. The summed E-state index contributed by atoms with van der Waals surface area (Å²) in [5, 5.41) is 15.4. The molecule has 21 heavy (non-hydrogen) atoms. The number of aliphatic hydroxyl groups is 1. The van der Waals surface area contributed by atoms with Crippen LogP contribution in [0.1, 0.15) is 50.5 Å². The van der Waals surface area contributed by atoms with Crippen LogP contribution in [0.3, 0.4) is 0 Å². The van der Waals surface area contributed by atoms with E-state index in [0.717, 1.165) is 32.1 Å². The van der Waals surface area contributed by atoms with Crippen molar-refractivity contribution in [3.63, 3.8) is 0 Å². The predicted octanol–water partition coefficient (Wildman–Crippen LogP) is 2.78. The summed E-state index contributed by atoms with van der Waals surface area (Å²) in [4.78, 5) is 11.8. The summed E-state index contributed by atoms with van der Waals surface area (Å²) in [6.45, 7) is 2.86. The molecule has 0 radical (unpaired) electrons. The largest absolute Gasteiger partial charge is 0.393 e. The highest BCUT2D eigenvalue weighted by Gasteiger charge is 2.20. The Bertz CT molecular complexity index is 428. The Morgan fingerprint density at radius 1 is 1.24 bits per heavy atom. The number of hydrogen-bond donors (Lipinski definition) is 3. The highest BCUT2D eigenvalue weighted by atomic mass is 16.3. The van der Waals surface area contributed by atoms with Gasteiger partial charge in [0.25, 0.3) is 0 Å². The third-order valence-corrected chi connectivity index (χ3v) is 4.26. The number of rotatable bonds is 5. The van der Waals surface area contributed by atoms with E-state index in [1.54, 1.807) is 0 Å². The summed E-state index contributed by atoms with van der Waals surface area (Å²) in [6, 6.07) is 10.5. The van der Waals surface area contributed by atoms with Crippen LogP contribution in [0.2, 0.25) is 0 Å². The van der Waals surface area contributed by atoms with Gasteiger partial charge in [-0.1, -0.05) is 37.3 Å². The van der Waals surface area contributed by atoms with Crippen LogP contribution >= 0.6 is 0 Å². The van der Waals surface area contributed by atoms with Crippen molar-refractivity contribution in [2.75, 3.05) is 6.54 Å². The zero-order chi connectivity index (χ0) is 15.1. The van der Waals surface area contributed by atoms with Crippen molar-refractivity contribution in [1.82, 2.24) is 10.6 Å². The lowest BCUT2D eigenvalue weighted by Crippen LogP contribution is -2.44. The molecule has 1 aliphatic rings. The first kappa shape index (κ1) is 15.8. The number of hydrogen-bond acceptors (Lipinski definition) is 2. The molecule has 1 aromatic carbocycles. The minimum atomic E-state index is -0.183. The maximum absolute atomic E-state index is 11.8. The van der Waals surface area contributed by atoms with Gasteiger partial charge in [0.15, 0.2) is 0 Å². The van der Waals surface area contributed by atoms with E-state index in [2.05, 4.69) is 29.7 Å². The molecule has 2 rings (SSSR count). The molecule has 0 spiro atoms. The quantitative estimate of drug-likeness (QED) is 0.781. The van der Waals surface area contributed by atoms with Crippen molar-refractivity contribution in [3.8, 4) is 0 Å². The molecule has 1 fully saturated rings. The minimum absolute atomic E-state index is 0.0864. The second-order valence-corrected chi connectivity index (χ2v) is 6.01. The van der Waals surface area contributed by atoms with Gasteiger partial charge in [-0.15, -0.1) is 0 Å². The van der Waals surface area contributed by atoms with E-state index >= 15 is 0 Å². The van der Waals surface area contributed by atoms with Gasteiger partial charge in [-0.05, 0) is 43.6 Å². The maximum atomic E-state index is 11.8. The lowest BCUT2D eigenvalue weighted by Gasteiger charge is -2.26. The van der Waals surface area contributed by atoms with Gasteiger partial charge in [-0.25, -0.2) is 4.79 Å². The topological polar surface area (TPSA) is 61.4 Å². The van der Waals surface area contributed by atoms with Crippen LogP contribution in [0.4, 0.5) is 4.79 Å². The molecule has 1 atom stereocenters. The van der Waals surface area contributed by atoms with Gasteiger partial charge < -0.3 is 15.7 Å². The van der Waals surface area contributed by atoms with Gasteiger partial charge in [-0.2, -0.15) is 0 Å². The zero-order valence-electron chi connectivity index (χ0n) is 12.7. The van der Waals surface area contributed by atoms with Crippen molar-refractivity contribution in [3.05, 3.63) is 35.9 Å². The van der Waals surface area contributed by atoms with Crippen LogP contribution in [-0.2, 0) is 0 Å². The molecule has 1 aliphatic carbocycles. The first-order valence-corrected chi connectivity index (χ1v) is 7.92. The predicted molar refractivity (Wildman–Crippen MR) is 84.3 cm³/mol. The van der Waals surface area contributed by atoms with E-state index < -0.39 is 0 Å². The average Bonchev–Trinajstić information content (AvgIpc) is 2.50. The summed E-state index contributed by atoms with van der Waals surface area (Å²) in [6.07, 6.45) is 4.06. The number of urea groups is 1. The first-order valence-electron chi connectivity index (χ1n) is 7.92. The van der Waals surface area contributed by atoms with Gasteiger partial charge in [0.05, 0.1) is 6.10 Å². The average molecular weight is 290 g/mol. The summed E-state index contributed by atoms with van der Waals surface area (Å²) in [7, 11) is 0. The molecular formula is C17H26N2O2. The number of amides is 2. The molecule has 3 N–H and O–H groups in total. The minimum Gasteiger partial charge on any atom is -0.393 e. The molecule has 116 valence electrons. The first-order chi connectivity index (χ1) is 10.1. The van der Waals surface area contributed by atoms with Crippen LogP contribution in [-0.4, -0.2) is 29.8 Å². The molecule has 0 aliphatic heterocycles. The molecule has 0 saturated heterocycles. The normalized spacial score (nSPS) is 23.3. The van der Waals surface area contributed by atoms with Crippen molar-refractivity contribution < 1.29 is 9.90 Å². The third-order valence-electron chi connectivity index (χ3n) is 4.26. The van der Waals surface area contributed by atoms with Crippen molar-refractivity contribution in [2.45, 2.75) is 57.1 Å². The van der Waals surface area contributed by atoms with Gasteiger partial charge in [0, 0.05) is 12.6 Å². The summed E-state index contributed by atoms with van der Waals surface area (Å²) in [5.41, 5.74) is 1.31. The SMILES string of the molecule is C[C@@H](CCNC(=O)NC1CCC(O)CC1)c1ccccc1. The van der Waals surface area contributed by atoms with Gasteiger partial charge in [0.1, 0.15) is 0 Å². The number of benzene rings is 1. The van der Waals surface area contributed by atoms with E-state index in [1.165, 1.54) is 5.56 Å². The Labute approximate surface area is 126 Å². The Morgan fingerprint density at radius 2 is 1.90 bits per heavy atom. The van der Waals surface area contributed by atoms with Crippen LogP contribution in [0.15, 0.2) is 30.3 Å². The van der Waals surface area contributed by atoms with Crippen molar-refractivity contribution in [1.29, 1.82) is 0 Å². The fourth-order valence-electron chi connectivity index (χ4n) is 2.81. The number of carbonyl (C=O) groups is 1. The summed E-state index contributed by atoms with van der Waals surface area (Å²) < 4.78 is 0. The van der Waals surface area contributed by atoms with E-state index in [4.69, 9.17) is 0 Å². The molecule has 1 aromatic rings. The van der Waals surface area contributed by atoms with Crippen LogP contribution < -0.4 is 10.6 Å². The van der Waals surface area contributed by atoms with Crippen LogP contribution in [0, 0.1) is 0 Å². The fraction of sp³-hybridized carbons (Fsp3) is 0.588. The lowest BCUT2D eigenvalue weighted by atomic mass is 9.93. The highest BCUT2D eigenvalue weighted by Crippen LogP contribution is 2.19. The molecule has 0 heterocycles. The Balaban J connectivity index is 1.63. The molecule has 1 saturated carbocycles. The van der Waals surface area contributed by atoms with Crippen LogP contribution in [0.5, 0.6) is 0 Å².